The molecule has 23 heavy (non-hydrogen) atoms. The summed E-state index contributed by atoms with van der Waals surface area (Å²) in [5.41, 5.74) is 5.85. The average Bonchev–Trinajstić information content (AvgIpc) is 2.63. The molecule has 0 heteroatoms. The highest BCUT2D eigenvalue weighted by Gasteiger charge is 2.22. The third-order valence-corrected chi connectivity index (χ3v) is 5.61. The predicted molar refractivity (Wildman–Crippen MR) is 101 cm³/mol. The summed E-state index contributed by atoms with van der Waals surface area (Å²) in [5, 5.41) is 0. The highest BCUT2D eigenvalue weighted by Crippen LogP contribution is 2.38. The lowest BCUT2D eigenvalue weighted by Gasteiger charge is -2.29. The van der Waals surface area contributed by atoms with E-state index in [0.29, 0.717) is 0 Å². The molecule has 1 aliphatic carbocycles. The van der Waals surface area contributed by atoms with E-state index in [9.17, 15) is 0 Å². The summed E-state index contributed by atoms with van der Waals surface area (Å²) in [6.45, 7) is 4.60. The molecule has 0 bridgehead atoms. The van der Waals surface area contributed by atoms with Gasteiger partial charge < -0.3 is 0 Å². The summed E-state index contributed by atoms with van der Waals surface area (Å²) >= 11 is 0. The third-order valence-electron chi connectivity index (χ3n) is 5.61. The van der Waals surface area contributed by atoms with Crippen molar-refractivity contribution in [2.75, 3.05) is 0 Å². The summed E-state index contributed by atoms with van der Waals surface area (Å²) in [7, 11) is 0. The lowest BCUT2D eigenvalue weighted by atomic mass is 9.76. The Morgan fingerprint density at radius 3 is 2.26 bits per heavy atom. The van der Waals surface area contributed by atoms with Crippen molar-refractivity contribution in [1.82, 2.24) is 0 Å². The van der Waals surface area contributed by atoms with Crippen molar-refractivity contribution in [2.45, 2.75) is 64.7 Å². The lowest BCUT2D eigenvalue weighted by molar-refractivity contribution is 0.308. The molecule has 1 saturated carbocycles. The molecule has 0 unspecified atom stereocenters. The molecule has 0 aliphatic heterocycles. The Balaban J connectivity index is 1.78. The molecule has 0 amide bonds. The highest BCUT2D eigenvalue weighted by molar-refractivity contribution is 5.68. The van der Waals surface area contributed by atoms with Crippen molar-refractivity contribution in [3.05, 3.63) is 59.7 Å². The van der Waals surface area contributed by atoms with Crippen molar-refractivity contribution in [3.63, 3.8) is 0 Å². The SMILES string of the molecule is CCCC1CCC(c2ccc(-c3ccccc3)c(CC)c2)CC1. The maximum atomic E-state index is 2.49. The second-order valence-electron chi connectivity index (χ2n) is 7.14. The minimum atomic E-state index is 0.790. The Kier molecular flexibility index (Phi) is 5.54. The molecular formula is C23H30. The maximum absolute atomic E-state index is 2.49. The van der Waals surface area contributed by atoms with Crippen LogP contribution in [0.2, 0.25) is 0 Å². The first kappa shape index (κ1) is 16.3. The Hall–Kier alpha value is -1.56. The molecule has 3 rings (SSSR count). The fraction of sp³-hybridized carbons (Fsp3) is 0.478. The molecule has 2 aromatic carbocycles. The van der Waals surface area contributed by atoms with E-state index in [-0.39, 0.29) is 0 Å². The first-order valence-electron chi connectivity index (χ1n) is 9.50. The standard InChI is InChI=1S/C23H30/c1-3-8-18-11-13-20(14-12-18)22-15-16-23(19(4-2)17-22)21-9-6-5-7-10-21/h5-7,9-10,15-18,20H,3-4,8,11-14H2,1-2H3. The third kappa shape index (κ3) is 3.86. The van der Waals surface area contributed by atoms with Crippen LogP contribution in [0, 0.1) is 5.92 Å². The summed E-state index contributed by atoms with van der Waals surface area (Å²) in [6, 6.07) is 18.1. The topological polar surface area (TPSA) is 0 Å². The van der Waals surface area contributed by atoms with Crippen LogP contribution < -0.4 is 0 Å². The molecule has 122 valence electrons. The fourth-order valence-corrected chi connectivity index (χ4v) is 4.25. The number of benzene rings is 2. The van der Waals surface area contributed by atoms with E-state index in [2.05, 4.69) is 62.4 Å². The molecule has 0 radical (unpaired) electrons. The molecule has 0 heterocycles. The van der Waals surface area contributed by atoms with Gasteiger partial charge in [0, 0.05) is 0 Å². The molecule has 0 nitrogen and oxygen atoms in total. The zero-order valence-corrected chi connectivity index (χ0v) is 14.7. The molecule has 0 aromatic heterocycles. The van der Waals surface area contributed by atoms with E-state index in [4.69, 9.17) is 0 Å². The van der Waals surface area contributed by atoms with E-state index < -0.39 is 0 Å². The largest absolute Gasteiger partial charge is 0.0654 e. The van der Waals surface area contributed by atoms with Crippen molar-refractivity contribution in [1.29, 1.82) is 0 Å². The van der Waals surface area contributed by atoms with E-state index >= 15 is 0 Å². The minimum absolute atomic E-state index is 0.790. The number of hydrogen-bond acceptors (Lipinski definition) is 0. The zero-order chi connectivity index (χ0) is 16.1. The monoisotopic (exact) mass is 306 g/mol. The van der Waals surface area contributed by atoms with Gasteiger partial charge in [0.1, 0.15) is 0 Å². The number of hydrogen-bond donors (Lipinski definition) is 0. The first-order valence-corrected chi connectivity index (χ1v) is 9.50. The Morgan fingerprint density at radius 2 is 1.61 bits per heavy atom. The van der Waals surface area contributed by atoms with Gasteiger partial charge in [-0.3, -0.25) is 0 Å². The van der Waals surface area contributed by atoms with Crippen molar-refractivity contribution in [3.8, 4) is 11.1 Å². The van der Waals surface area contributed by atoms with E-state index in [0.717, 1.165) is 18.3 Å². The average molecular weight is 306 g/mol. The van der Waals surface area contributed by atoms with E-state index in [1.165, 1.54) is 55.2 Å². The molecule has 0 N–H and O–H groups in total. The molecule has 2 aromatic rings. The van der Waals surface area contributed by atoms with Gasteiger partial charge in [0.2, 0.25) is 0 Å². The number of rotatable bonds is 5. The van der Waals surface area contributed by atoms with Gasteiger partial charge in [-0.2, -0.15) is 0 Å². The van der Waals surface area contributed by atoms with Gasteiger partial charge in [0.25, 0.3) is 0 Å². The van der Waals surface area contributed by atoms with Crippen LogP contribution in [0.5, 0.6) is 0 Å². The second kappa shape index (κ2) is 7.81. The minimum Gasteiger partial charge on any atom is -0.0654 e. The van der Waals surface area contributed by atoms with Crippen LogP contribution >= 0.6 is 0 Å². The Bertz CT molecular complexity index is 603. The number of aryl methyl sites for hydroxylation is 1. The summed E-state index contributed by atoms with van der Waals surface area (Å²) in [6.07, 6.45) is 9.53. The van der Waals surface area contributed by atoms with Crippen LogP contribution in [0.15, 0.2) is 48.5 Å². The normalized spacial score (nSPS) is 21.3. The van der Waals surface area contributed by atoms with Crippen LogP contribution in [0.1, 0.15) is 69.4 Å². The van der Waals surface area contributed by atoms with Gasteiger partial charge in [-0.25, -0.2) is 0 Å². The molecule has 0 atom stereocenters. The maximum Gasteiger partial charge on any atom is -0.0152 e. The second-order valence-corrected chi connectivity index (χ2v) is 7.14. The van der Waals surface area contributed by atoms with Crippen LogP contribution in [0.4, 0.5) is 0 Å². The van der Waals surface area contributed by atoms with Crippen molar-refractivity contribution < 1.29 is 0 Å². The van der Waals surface area contributed by atoms with Crippen LogP contribution in [-0.2, 0) is 6.42 Å². The van der Waals surface area contributed by atoms with E-state index in [1.54, 1.807) is 5.56 Å². The first-order chi connectivity index (χ1) is 11.3. The molecular weight excluding hydrogens is 276 g/mol. The van der Waals surface area contributed by atoms with Crippen LogP contribution in [0.25, 0.3) is 11.1 Å². The predicted octanol–water partition coefficient (Wildman–Crippen LogP) is 6.99. The summed E-state index contributed by atoms with van der Waals surface area (Å²) in [5.74, 6) is 1.78. The van der Waals surface area contributed by atoms with Gasteiger partial charge in [0.15, 0.2) is 0 Å². The van der Waals surface area contributed by atoms with Crippen LogP contribution in [0.3, 0.4) is 0 Å². The Labute approximate surface area is 141 Å². The zero-order valence-electron chi connectivity index (χ0n) is 14.7. The molecule has 0 spiro atoms. The fourth-order valence-electron chi connectivity index (χ4n) is 4.25. The summed E-state index contributed by atoms with van der Waals surface area (Å²) in [4.78, 5) is 0. The molecule has 1 aliphatic rings. The van der Waals surface area contributed by atoms with Gasteiger partial charge in [-0.15, -0.1) is 0 Å². The smallest absolute Gasteiger partial charge is 0.0152 e. The Morgan fingerprint density at radius 1 is 0.870 bits per heavy atom. The quantitative estimate of drug-likeness (QED) is 0.558. The highest BCUT2D eigenvalue weighted by atomic mass is 14.3. The van der Waals surface area contributed by atoms with Crippen molar-refractivity contribution in [2.24, 2.45) is 5.92 Å². The summed E-state index contributed by atoms with van der Waals surface area (Å²) < 4.78 is 0. The van der Waals surface area contributed by atoms with Gasteiger partial charge in [0.05, 0.1) is 0 Å². The van der Waals surface area contributed by atoms with Gasteiger partial charge in [-0.1, -0.05) is 75.2 Å². The van der Waals surface area contributed by atoms with E-state index in [1.807, 2.05) is 0 Å². The molecule has 0 saturated heterocycles. The van der Waals surface area contributed by atoms with Gasteiger partial charge >= 0.3 is 0 Å². The van der Waals surface area contributed by atoms with Crippen LogP contribution in [-0.4, -0.2) is 0 Å². The van der Waals surface area contributed by atoms with Gasteiger partial charge in [-0.05, 0) is 66.2 Å². The molecule has 1 fully saturated rings. The lowest BCUT2D eigenvalue weighted by Crippen LogP contribution is -2.13. The van der Waals surface area contributed by atoms with Crippen molar-refractivity contribution >= 4 is 0 Å².